The highest BCUT2D eigenvalue weighted by Gasteiger charge is 2.13. The van der Waals surface area contributed by atoms with Crippen molar-refractivity contribution in [1.82, 2.24) is 15.6 Å². The van der Waals surface area contributed by atoms with Crippen LogP contribution in [0.4, 0.5) is 5.82 Å². The van der Waals surface area contributed by atoms with Crippen molar-refractivity contribution in [2.45, 2.75) is 19.8 Å². The van der Waals surface area contributed by atoms with E-state index in [0.717, 1.165) is 29.0 Å². The Labute approximate surface area is 187 Å². The number of aryl methyl sites for hydroxylation is 1. The molecule has 1 aliphatic rings. The molecule has 0 unspecified atom stereocenters. The van der Waals surface area contributed by atoms with Crippen LogP contribution in [0.1, 0.15) is 17.5 Å². The van der Waals surface area contributed by atoms with Gasteiger partial charge < -0.3 is 25.4 Å². The number of ether oxygens (including phenoxy) is 2. The number of fused-ring (bicyclic) bond motifs is 1. The quantitative estimate of drug-likeness (QED) is 0.300. The number of benzene rings is 1. The Kier molecular flexibility index (Phi) is 8.97. The second kappa shape index (κ2) is 11.4. The molecule has 29 heavy (non-hydrogen) atoms. The summed E-state index contributed by atoms with van der Waals surface area (Å²) in [5.41, 5.74) is 2.20. The van der Waals surface area contributed by atoms with Crippen molar-refractivity contribution in [3.63, 3.8) is 0 Å². The molecule has 1 aromatic heterocycles. The van der Waals surface area contributed by atoms with Gasteiger partial charge in [0, 0.05) is 32.8 Å². The Morgan fingerprint density at radius 1 is 1.14 bits per heavy atom. The number of hydrogen-bond acceptors (Lipinski definition) is 5. The summed E-state index contributed by atoms with van der Waals surface area (Å²) in [6.45, 7) is 3.41. The predicted molar refractivity (Wildman–Crippen MR) is 123 cm³/mol. The average Bonchev–Trinajstić information content (AvgIpc) is 3.16. The summed E-state index contributed by atoms with van der Waals surface area (Å²) in [5.74, 6) is 2.69. The number of nitrogens with one attached hydrogen (secondary N) is 3. The lowest BCUT2D eigenvalue weighted by molar-refractivity contribution is -0.116. The van der Waals surface area contributed by atoms with E-state index in [0.29, 0.717) is 31.3 Å². The van der Waals surface area contributed by atoms with Crippen LogP contribution >= 0.6 is 24.0 Å². The van der Waals surface area contributed by atoms with Gasteiger partial charge in [-0.15, -0.1) is 24.0 Å². The van der Waals surface area contributed by atoms with Gasteiger partial charge in [-0.1, -0.05) is 12.1 Å². The van der Waals surface area contributed by atoms with E-state index in [9.17, 15) is 4.79 Å². The van der Waals surface area contributed by atoms with Crippen LogP contribution in [0.3, 0.4) is 0 Å². The smallest absolute Gasteiger partial charge is 0.231 e. The molecule has 0 saturated carbocycles. The number of nitrogens with zero attached hydrogens (tertiary/aromatic N) is 2. The maximum absolute atomic E-state index is 12.0. The fourth-order valence-electron chi connectivity index (χ4n) is 2.68. The minimum Gasteiger partial charge on any atom is -0.454 e. The van der Waals surface area contributed by atoms with Gasteiger partial charge in [0.15, 0.2) is 17.5 Å². The van der Waals surface area contributed by atoms with Crippen molar-refractivity contribution < 1.29 is 14.3 Å². The average molecular weight is 511 g/mol. The van der Waals surface area contributed by atoms with Gasteiger partial charge in [-0.2, -0.15) is 0 Å². The number of rotatable bonds is 7. The summed E-state index contributed by atoms with van der Waals surface area (Å²) in [7, 11) is 1.70. The SMILES string of the molecule is CN=C(NCCC(=O)Nc1ccc(C)cn1)NCCc1ccc2c(c1)OCO2.I. The number of carbonyl (C=O) groups is 1. The third-order valence-electron chi connectivity index (χ3n) is 4.19. The summed E-state index contributed by atoms with van der Waals surface area (Å²) in [4.78, 5) is 20.3. The largest absolute Gasteiger partial charge is 0.454 e. The first-order valence-electron chi connectivity index (χ1n) is 9.19. The highest BCUT2D eigenvalue weighted by Crippen LogP contribution is 2.32. The molecule has 3 N–H and O–H groups in total. The normalized spacial score (nSPS) is 12.1. The molecule has 0 radical (unpaired) electrons. The number of halogens is 1. The molecule has 8 nitrogen and oxygen atoms in total. The van der Waals surface area contributed by atoms with E-state index in [1.165, 1.54) is 0 Å². The van der Waals surface area contributed by atoms with Crippen LogP contribution in [0, 0.1) is 6.92 Å². The van der Waals surface area contributed by atoms with Crippen molar-refractivity contribution in [3.05, 3.63) is 47.7 Å². The van der Waals surface area contributed by atoms with Gasteiger partial charge in [-0.3, -0.25) is 9.79 Å². The molecule has 9 heteroatoms. The van der Waals surface area contributed by atoms with Crippen molar-refractivity contribution in [2.24, 2.45) is 4.99 Å². The van der Waals surface area contributed by atoms with Crippen LogP contribution in [-0.2, 0) is 11.2 Å². The third-order valence-corrected chi connectivity index (χ3v) is 4.19. The summed E-state index contributed by atoms with van der Waals surface area (Å²) >= 11 is 0. The van der Waals surface area contributed by atoms with E-state index in [4.69, 9.17) is 9.47 Å². The molecule has 2 aromatic rings. The Morgan fingerprint density at radius 2 is 1.93 bits per heavy atom. The molecule has 1 aliphatic heterocycles. The molecule has 0 fully saturated rings. The van der Waals surface area contributed by atoms with E-state index < -0.39 is 0 Å². The number of guanidine groups is 1. The number of carbonyl (C=O) groups excluding carboxylic acids is 1. The first kappa shape index (κ1) is 22.7. The Balaban J connectivity index is 0.00000300. The first-order chi connectivity index (χ1) is 13.6. The highest BCUT2D eigenvalue weighted by molar-refractivity contribution is 14.0. The van der Waals surface area contributed by atoms with E-state index in [-0.39, 0.29) is 36.7 Å². The van der Waals surface area contributed by atoms with Gasteiger partial charge in [0.05, 0.1) is 0 Å². The van der Waals surface area contributed by atoms with Crippen molar-refractivity contribution >= 4 is 41.7 Å². The van der Waals surface area contributed by atoms with E-state index in [2.05, 4.69) is 25.9 Å². The Morgan fingerprint density at radius 3 is 2.69 bits per heavy atom. The monoisotopic (exact) mass is 511 g/mol. The van der Waals surface area contributed by atoms with Crippen molar-refractivity contribution in [1.29, 1.82) is 0 Å². The fraction of sp³-hybridized carbons (Fsp3) is 0.350. The van der Waals surface area contributed by atoms with Crippen LogP contribution in [0.5, 0.6) is 11.5 Å². The topological polar surface area (TPSA) is 96.9 Å². The molecule has 1 aromatic carbocycles. The van der Waals surface area contributed by atoms with Gasteiger partial charge in [-0.25, -0.2) is 4.98 Å². The minimum atomic E-state index is -0.0975. The van der Waals surface area contributed by atoms with E-state index in [1.807, 2.05) is 31.2 Å². The number of aliphatic imine (C=N–C) groups is 1. The first-order valence-corrected chi connectivity index (χ1v) is 9.19. The number of hydrogen-bond donors (Lipinski definition) is 3. The van der Waals surface area contributed by atoms with Gasteiger partial charge in [0.25, 0.3) is 0 Å². The Bertz CT molecular complexity index is 843. The van der Waals surface area contributed by atoms with Crippen LogP contribution in [0.15, 0.2) is 41.5 Å². The zero-order chi connectivity index (χ0) is 19.8. The summed E-state index contributed by atoms with van der Waals surface area (Å²) in [6.07, 6.45) is 2.86. The van der Waals surface area contributed by atoms with Crippen LogP contribution < -0.4 is 25.4 Å². The zero-order valence-corrected chi connectivity index (χ0v) is 18.9. The van der Waals surface area contributed by atoms with Gasteiger partial charge in [-0.05, 0) is 42.7 Å². The number of pyridine rings is 1. The molecular formula is C20H26IN5O3. The maximum atomic E-state index is 12.0. The summed E-state index contributed by atoms with van der Waals surface area (Å²) in [6, 6.07) is 9.63. The number of aromatic nitrogens is 1. The number of anilines is 1. The molecule has 0 saturated heterocycles. The Hall–Kier alpha value is -2.56. The van der Waals surface area contributed by atoms with Gasteiger partial charge in [0.2, 0.25) is 12.7 Å². The maximum Gasteiger partial charge on any atom is 0.231 e. The lowest BCUT2D eigenvalue weighted by Crippen LogP contribution is -2.39. The summed E-state index contributed by atoms with van der Waals surface area (Å²) in [5, 5.41) is 9.15. The van der Waals surface area contributed by atoms with Crippen molar-refractivity contribution in [3.8, 4) is 11.5 Å². The minimum absolute atomic E-state index is 0. The second-order valence-electron chi connectivity index (χ2n) is 6.38. The highest BCUT2D eigenvalue weighted by atomic mass is 127. The standard InChI is InChI=1S/C20H25N5O3.HI/c1-14-3-6-18(24-12-14)25-19(26)8-10-23-20(21-2)22-9-7-15-4-5-16-17(11-15)28-13-27-16;/h3-6,11-12H,7-10,13H2,1-2H3,(H2,21,22,23)(H,24,25,26);1H. The lowest BCUT2D eigenvalue weighted by Gasteiger charge is -2.12. The molecule has 3 rings (SSSR count). The molecule has 0 spiro atoms. The van der Waals surface area contributed by atoms with Crippen LogP contribution in [-0.4, -0.2) is 43.8 Å². The molecular weight excluding hydrogens is 485 g/mol. The van der Waals surface area contributed by atoms with Gasteiger partial charge in [0.1, 0.15) is 5.82 Å². The van der Waals surface area contributed by atoms with E-state index in [1.54, 1.807) is 19.3 Å². The van der Waals surface area contributed by atoms with Crippen LogP contribution in [0.25, 0.3) is 0 Å². The zero-order valence-electron chi connectivity index (χ0n) is 16.5. The molecule has 0 atom stereocenters. The van der Waals surface area contributed by atoms with Crippen LogP contribution in [0.2, 0.25) is 0 Å². The van der Waals surface area contributed by atoms with Crippen molar-refractivity contribution in [2.75, 3.05) is 32.2 Å². The third kappa shape index (κ3) is 7.08. The molecule has 2 heterocycles. The molecule has 0 aliphatic carbocycles. The number of amides is 1. The predicted octanol–water partition coefficient (Wildman–Crippen LogP) is 2.47. The molecule has 156 valence electrons. The van der Waals surface area contributed by atoms with Gasteiger partial charge >= 0.3 is 0 Å². The second-order valence-corrected chi connectivity index (χ2v) is 6.38. The fourth-order valence-corrected chi connectivity index (χ4v) is 2.68. The van der Waals surface area contributed by atoms with E-state index >= 15 is 0 Å². The molecule has 1 amide bonds. The molecule has 0 bridgehead atoms. The lowest BCUT2D eigenvalue weighted by atomic mass is 10.1. The summed E-state index contributed by atoms with van der Waals surface area (Å²) < 4.78 is 10.7.